The van der Waals surface area contributed by atoms with Crippen molar-refractivity contribution in [3.05, 3.63) is 90.5 Å². The van der Waals surface area contributed by atoms with Gasteiger partial charge in [0.2, 0.25) is 0 Å². The first-order valence-corrected chi connectivity index (χ1v) is 11.3. The van der Waals surface area contributed by atoms with E-state index in [1.54, 1.807) is 36.4 Å². The Morgan fingerprint density at radius 3 is 1.67 bits per heavy atom. The molecular formula is C23H20N2O4S. The maximum atomic E-state index is 13.3. The Balaban J connectivity index is 1.75. The van der Waals surface area contributed by atoms with Gasteiger partial charge in [-0.3, -0.25) is 9.59 Å². The molecule has 0 spiro atoms. The molecule has 1 aliphatic rings. The van der Waals surface area contributed by atoms with Crippen molar-refractivity contribution >= 4 is 33.0 Å². The van der Waals surface area contributed by atoms with Crippen LogP contribution >= 0.6 is 0 Å². The summed E-state index contributed by atoms with van der Waals surface area (Å²) < 4.78 is 23.6. The number of hydrazine groups is 1. The van der Waals surface area contributed by atoms with E-state index in [1.807, 2.05) is 36.4 Å². The van der Waals surface area contributed by atoms with Gasteiger partial charge in [0.25, 0.3) is 11.8 Å². The largest absolute Gasteiger partial charge is 0.272 e. The Hall–Kier alpha value is -3.45. The number of carbonyl (C=O) groups is 2. The van der Waals surface area contributed by atoms with E-state index in [-0.39, 0.29) is 16.7 Å². The van der Waals surface area contributed by atoms with E-state index in [2.05, 4.69) is 0 Å². The van der Waals surface area contributed by atoms with Gasteiger partial charge < -0.3 is 0 Å². The number of benzene rings is 3. The highest BCUT2D eigenvalue weighted by Crippen LogP contribution is 2.33. The number of rotatable bonds is 5. The molecule has 3 aromatic carbocycles. The molecular weight excluding hydrogens is 400 g/mol. The molecule has 7 heteroatoms. The minimum atomic E-state index is -3.37. The first-order valence-electron chi connectivity index (χ1n) is 9.43. The first-order chi connectivity index (χ1) is 14.4. The van der Waals surface area contributed by atoms with Crippen molar-refractivity contribution < 1.29 is 18.0 Å². The van der Waals surface area contributed by atoms with Crippen LogP contribution in [0, 0.1) is 5.92 Å². The van der Waals surface area contributed by atoms with Gasteiger partial charge in [-0.1, -0.05) is 48.5 Å². The summed E-state index contributed by atoms with van der Waals surface area (Å²) in [5.41, 5.74) is 1.89. The van der Waals surface area contributed by atoms with Gasteiger partial charge in [-0.15, -0.1) is 0 Å². The third-order valence-corrected chi connectivity index (χ3v) is 6.14. The predicted molar refractivity (Wildman–Crippen MR) is 115 cm³/mol. The van der Waals surface area contributed by atoms with Crippen LogP contribution in [0.3, 0.4) is 0 Å². The number of hydrogen-bond acceptors (Lipinski definition) is 4. The summed E-state index contributed by atoms with van der Waals surface area (Å²) in [5, 5.41) is 2.70. The van der Waals surface area contributed by atoms with Crippen molar-refractivity contribution in [3.8, 4) is 0 Å². The highest BCUT2D eigenvalue weighted by Gasteiger charge is 2.46. The Morgan fingerprint density at radius 2 is 1.17 bits per heavy atom. The normalized spacial score (nSPS) is 16.9. The maximum absolute atomic E-state index is 13.3. The van der Waals surface area contributed by atoms with Crippen LogP contribution in [0.4, 0.5) is 11.4 Å². The van der Waals surface area contributed by atoms with Gasteiger partial charge in [0.15, 0.2) is 9.84 Å². The Morgan fingerprint density at radius 1 is 0.700 bits per heavy atom. The van der Waals surface area contributed by atoms with Gasteiger partial charge in [-0.05, 0) is 48.4 Å². The van der Waals surface area contributed by atoms with Crippen LogP contribution in [0.1, 0.15) is 5.56 Å². The fraction of sp³-hybridized carbons (Fsp3) is 0.130. The molecule has 152 valence electrons. The molecule has 3 aromatic rings. The number of para-hydroxylation sites is 1. The number of nitrogens with zero attached hydrogens (tertiary/aromatic N) is 2. The SMILES string of the molecule is CS(=O)(=O)c1ccc(N2C(=O)C(Cc3ccccc3)C(=O)N2c2ccccc2)cc1. The average Bonchev–Trinajstić information content (AvgIpc) is 2.99. The lowest BCUT2D eigenvalue weighted by Gasteiger charge is -2.27. The van der Waals surface area contributed by atoms with Gasteiger partial charge in [0.1, 0.15) is 5.92 Å². The topological polar surface area (TPSA) is 74.8 Å². The molecule has 0 radical (unpaired) electrons. The van der Waals surface area contributed by atoms with Gasteiger partial charge in [-0.25, -0.2) is 18.4 Å². The fourth-order valence-corrected chi connectivity index (χ4v) is 4.14. The van der Waals surface area contributed by atoms with E-state index in [0.717, 1.165) is 11.8 Å². The van der Waals surface area contributed by atoms with E-state index < -0.39 is 15.8 Å². The molecule has 1 atom stereocenters. The van der Waals surface area contributed by atoms with E-state index >= 15 is 0 Å². The van der Waals surface area contributed by atoms with Crippen molar-refractivity contribution in [2.45, 2.75) is 11.3 Å². The highest BCUT2D eigenvalue weighted by molar-refractivity contribution is 7.90. The zero-order valence-corrected chi connectivity index (χ0v) is 17.1. The lowest BCUT2D eigenvalue weighted by atomic mass is 9.98. The van der Waals surface area contributed by atoms with Crippen LogP contribution in [-0.2, 0) is 25.8 Å². The molecule has 4 rings (SSSR count). The minimum Gasteiger partial charge on any atom is -0.272 e. The summed E-state index contributed by atoms with van der Waals surface area (Å²) in [5.74, 6) is -1.52. The van der Waals surface area contributed by atoms with E-state index in [9.17, 15) is 18.0 Å². The van der Waals surface area contributed by atoms with E-state index in [4.69, 9.17) is 0 Å². The summed E-state index contributed by atoms with van der Waals surface area (Å²) >= 11 is 0. The van der Waals surface area contributed by atoms with Crippen LogP contribution in [0.2, 0.25) is 0 Å². The number of carbonyl (C=O) groups excluding carboxylic acids is 2. The Bertz CT molecular complexity index is 1180. The highest BCUT2D eigenvalue weighted by atomic mass is 32.2. The maximum Gasteiger partial charge on any atom is 0.259 e. The van der Waals surface area contributed by atoms with E-state index in [1.165, 1.54) is 22.2 Å². The molecule has 1 saturated heterocycles. The Labute approximate surface area is 175 Å². The van der Waals surface area contributed by atoms with Crippen LogP contribution in [0.25, 0.3) is 0 Å². The monoisotopic (exact) mass is 420 g/mol. The molecule has 1 fully saturated rings. The van der Waals surface area contributed by atoms with Crippen LogP contribution < -0.4 is 10.0 Å². The molecule has 0 N–H and O–H groups in total. The predicted octanol–water partition coefficient (Wildman–Crippen LogP) is 3.24. The van der Waals surface area contributed by atoms with Crippen LogP contribution in [0.15, 0.2) is 89.8 Å². The summed E-state index contributed by atoms with van der Waals surface area (Å²) in [6.45, 7) is 0. The lowest BCUT2D eigenvalue weighted by Crippen LogP contribution is -2.41. The third kappa shape index (κ3) is 3.71. The molecule has 0 aromatic heterocycles. The first kappa shape index (κ1) is 19.8. The number of amides is 2. The average molecular weight is 420 g/mol. The second-order valence-corrected chi connectivity index (χ2v) is 9.16. The second-order valence-electron chi connectivity index (χ2n) is 7.14. The van der Waals surface area contributed by atoms with Crippen molar-refractivity contribution in [1.82, 2.24) is 0 Å². The van der Waals surface area contributed by atoms with Crippen LogP contribution in [-0.4, -0.2) is 26.5 Å². The molecule has 1 heterocycles. The third-order valence-electron chi connectivity index (χ3n) is 5.01. The number of hydrogen-bond donors (Lipinski definition) is 0. The quantitative estimate of drug-likeness (QED) is 0.594. The summed E-state index contributed by atoms with van der Waals surface area (Å²) in [7, 11) is -3.37. The molecule has 0 saturated carbocycles. The summed E-state index contributed by atoms with van der Waals surface area (Å²) in [4.78, 5) is 26.8. The summed E-state index contributed by atoms with van der Waals surface area (Å²) in [6.07, 6.45) is 1.42. The Kier molecular flexibility index (Phi) is 5.13. The smallest absolute Gasteiger partial charge is 0.259 e. The summed E-state index contributed by atoms with van der Waals surface area (Å²) in [6, 6.07) is 24.3. The molecule has 6 nitrogen and oxygen atoms in total. The molecule has 0 bridgehead atoms. The molecule has 0 aliphatic carbocycles. The minimum absolute atomic E-state index is 0.149. The zero-order chi connectivity index (χ0) is 21.3. The second kappa shape index (κ2) is 7.76. The van der Waals surface area contributed by atoms with Crippen LogP contribution in [0.5, 0.6) is 0 Å². The number of sulfone groups is 1. The van der Waals surface area contributed by atoms with Gasteiger partial charge in [-0.2, -0.15) is 0 Å². The van der Waals surface area contributed by atoms with Crippen molar-refractivity contribution in [3.63, 3.8) is 0 Å². The van der Waals surface area contributed by atoms with Crippen molar-refractivity contribution in [2.24, 2.45) is 5.92 Å². The molecule has 2 amide bonds. The van der Waals surface area contributed by atoms with Crippen molar-refractivity contribution in [1.29, 1.82) is 0 Å². The van der Waals surface area contributed by atoms with Gasteiger partial charge in [0.05, 0.1) is 16.3 Å². The van der Waals surface area contributed by atoms with E-state index in [0.29, 0.717) is 17.8 Å². The molecule has 1 aliphatic heterocycles. The molecule has 1 unspecified atom stereocenters. The fourth-order valence-electron chi connectivity index (χ4n) is 3.51. The standard InChI is InChI=1S/C23H20N2O4S/c1-30(28,29)20-14-12-19(13-15-20)25-23(27)21(16-17-8-4-2-5-9-17)22(26)24(25)18-10-6-3-7-11-18/h2-15,21H,16H2,1H3. The lowest BCUT2D eigenvalue weighted by molar-refractivity contribution is -0.126. The van der Waals surface area contributed by atoms with Gasteiger partial charge in [0, 0.05) is 6.26 Å². The van der Waals surface area contributed by atoms with Gasteiger partial charge >= 0.3 is 0 Å². The molecule has 30 heavy (non-hydrogen) atoms. The zero-order valence-electron chi connectivity index (χ0n) is 16.3. The van der Waals surface area contributed by atoms with Crippen molar-refractivity contribution in [2.75, 3.05) is 16.3 Å². The number of anilines is 2.